The van der Waals surface area contributed by atoms with Gasteiger partial charge in [0.15, 0.2) is 0 Å². The van der Waals surface area contributed by atoms with Crippen LogP contribution in [0.1, 0.15) is 25.8 Å². The topological polar surface area (TPSA) is 25.8 Å². The Morgan fingerprint density at radius 1 is 1.11 bits per heavy atom. The molecule has 0 saturated heterocycles. The first-order valence-electron chi connectivity index (χ1n) is 5.28. The molecule has 0 atom stereocenters. The molecule has 0 aliphatic carbocycles. The zero-order valence-corrected chi connectivity index (χ0v) is 12.4. The standard InChI is InChI=1S/C12H11Cl2FN2S/c1-12(2,3)11-17-16-10(18-11)6-4-9(15)8(14)5-7(6)13/h4-5H,1-3H3. The van der Waals surface area contributed by atoms with Crippen LogP contribution in [0.2, 0.25) is 10.0 Å². The molecule has 0 aliphatic rings. The molecule has 1 aromatic carbocycles. The Kier molecular flexibility index (Phi) is 3.63. The second-order valence-electron chi connectivity index (χ2n) is 4.91. The third kappa shape index (κ3) is 2.66. The highest BCUT2D eigenvalue weighted by atomic mass is 35.5. The smallest absolute Gasteiger partial charge is 0.149 e. The molecule has 0 radical (unpaired) electrons. The van der Waals surface area contributed by atoms with E-state index in [2.05, 4.69) is 10.2 Å². The monoisotopic (exact) mass is 304 g/mol. The van der Waals surface area contributed by atoms with E-state index in [0.717, 1.165) is 5.01 Å². The van der Waals surface area contributed by atoms with Crippen LogP contribution in [0.25, 0.3) is 10.6 Å². The van der Waals surface area contributed by atoms with Crippen molar-refractivity contribution in [3.8, 4) is 10.6 Å². The van der Waals surface area contributed by atoms with Crippen molar-refractivity contribution in [1.82, 2.24) is 10.2 Å². The summed E-state index contributed by atoms with van der Waals surface area (Å²) in [6, 6.07) is 2.67. The lowest BCUT2D eigenvalue weighted by atomic mass is 9.98. The van der Waals surface area contributed by atoms with E-state index in [-0.39, 0.29) is 10.4 Å². The summed E-state index contributed by atoms with van der Waals surface area (Å²) >= 11 is 13.1. The molecule has 0 aliphatic heterocycles. The zero-order chi connectivity index (χ0) is 13.5. The van der Waals surface area contributed by atoms with Crippen molar-refractivity contribution in [2.45, 2.75) is 26.2 Å². The van der Waals surface area contributed by atoms with Crippen molar-refractivity contribution in [3.63, 3.8) is 0 Å². The van der Waals surface area contributed by atoms with Crippen molar-refractivity contribution in [2.24, 2.45) is 0 Å². The fourth-order valence-electron chi connectivity index (χ4n) is 1.32. The lowest BCUT2D eigenvalue weighted by molar-refractivity contribution is 0.578. The number of aromatic nitrogens is 2. The van der Waals surface area contributed by atoms with Crippen LogP contribution < -0.4 is 0 Å². The number of hydrogen-bond donors (Lipinski definition) is 0. The molecule has 1 aromatic heterocycles. The summed E-state index contributed by atoms with van der Waals surface area (Å²) < 4.78 is 13.5. The lowest BCUT2D eigenvalue weighted by Gasteiger charge is -2.12. The van der Waals surface area contributed by atoms with Crippen molar-refractivity contribution < 1.29 is 4.39 Å². The molecule has 0 N–H and O–H groups in total. The van der Waals surface area contributed by atoms with Gasteiger partial charge in [-0.25, -0.2) is 4.39 Å². The second kappa shape index (κ2) is 4.76. The molecule has 0 spiro atoms. The van der Waals surface area contributed by atoms with Crippen molar-refractivity contribution in [1.29, 1.82) is 0 Å². The fourth-order valence-corrected chi connectivity index (χ4v) is 2.78. The molecule has 0 fully saturated rings. The maximum Gasteiger partial charge on any atom is 0.149 e. The molecule has 0 unspecified atom stereocenters. The van der Waals surface area contributed by atoms with E-state index < -0.39 is 5.82 Å². The van der Waals surface area contributed by atoms with Crippen molar-refractivity contribution >= 4 is 34.5 Å². The molecule has 18 heavy (non-hydrogen) atoms. The largest absolute Gasteiger partial charge is 0.205 e. The minimum absolute atomic E-state index is 0.00399. The minimum Gasteiger partial charge on any atom is -0.205 e. The van der Waals surface area contributed by atoms with Gasteiger partial charge in [-0.1, -0.05) is 55.3 Å². The Bertz CT molecular complexity index is 590. The summed E-state index contributed by atoms with van der Waals surface area (Å²) in [5.74, 6) is -0.511. The highest BCUT2D eigenvalue weighted by Crippen LogP contribution is 2.36. The summed E-state index contributed by atoms with van der Waals surface area (Å²) in [6.45, 7) is 6.13. The first-order chi connectivity index (χ1) is 8.29. The van der Waals surface area contributed by atoms with Gasteiger partial charge in [0.05, 0.1) is 10.0 Å². The predicted octanol–water partition coefficient (Wildman–Crippen LogP) is 4.95. The van der Waals surface area contributed by atoms with E-state index >= 15 is 0 Å². The second-order valence-corrected chi connectivity index (χ2v) is 6.70. The molecule has 2 rings (SSSR count). The summed E-state index contributed by atoms with van der Waals surface area (Å²) in [5.41, 5.74) is 0.430. The number of nitrogens with zero attached hydrogens (tertiary/aromatic N) is 2. The predicted molar refractivity (Wildman–Crippen MR) is 74.0 cm³/mol. The number of rotatable bonds is 1. The summed E-state index contributed by atoms with van der Waals surface area (Å²) in [7, 11) is 0. The van der Waals surface area contributed by atoms with Crippen LogP contribution in [0.3, 0.4) is 0 Å². The molecule has 0 amide bonds. The average molecular weight is 305 g/mol. The molecule has 2 nitrogen and oxygen atoms in total. The summed E-state index contributed by atoms with van der Waals surface area (Å²) in [6.07, 6.45) is 0. The minimum atomic E-state index is -0.511. The van der Waals surface area contributed by atoms with Crippen molar-refractivity contribution in [3.05, 3.63) is 33.0 Å². The van der Waals surface area contributed by atoms with E-state index in [1.807, 2.05) is 20.8 Å². The Labute approximate surface area is 119 Å². The van der Waals surface area contributed by atoms with Gasteiger partial charge in [0.1, 0.15) is 15.8 Å². The van der Waals surface area contributed by atoms with Crippen LogP contribution in [0, 0.1) is 5.82 Å². The molecular weight excluding hydrogens is 294 g/mol. The Hall–Kier alpha value is -0.710. The lowest BCUT2D eigenvalue weighted by Crippen LogP contribution is -2.10. The normalized spacial score (nSPS) is 11.9. The molecule has 0 saturated carbocycles. The van der Waals surface area contributed by atoms with Gasteiger partial charge in [0, 0.05) is 11.0 Å². The van der Waals surface area contributed by atoms with Gasteiger partial charge in [-0.2, -0.15) is 0 Å². The van der Waals surface area contributed by atoms with Crippen LogP contribution in [0.4, 0.5) is 4.39 Å². The highest BCUT2D eigenvalue weighted by Gasteiger charge is 2.21. The van der Waals surface area contributed by atoms with Crippen LogP contribution in [-0.4, -0.2) is 10.2 Å². The van der Waals surface area contributed by atoms with Gasteiger partial charge in [0.25, 0.3) is 0 Å². The van der Waals surface area contributed by atoms with E-state index in [0.29, 0.717) is 15.6 Å². The van der Waals surface area contributed by atoms with Crippen LogP contribution in [0.5, 0.6) is 0 Å². The zero-order valence-electron chi connectivity index (χ0n) is 10.1. The number of benzene rings is 1. The van der Waals surface area contributed by atoms with Crippen LogP contribution >= 0.6 is 34.5 Å². The first-order valence-corrected chi connectivity index (χ1v) is 6.85. The highest BCUT2D eigenvalue weighted by molar-refractivity contribution is 7.14. The third-order valence-electron chi connectivity index (χ3n) is 2.31. The Balaban J connectivity index is 2.50. The van der Waals surface area contributed by atoms with Gasteiger partial charge < -0.3 is 0 Å². The van der Waals surface area contributed by atoms with E-state index in [9.17, 15) is 4.39 Å². The third-order valence-corrected chi connectivity index (χ3v) is 4.29. The molecule has 96 valence electrons. The molecule has 1 heterocycles. The van der Waals surface area contributed by atoms with Gasteiger partial charge in [0.2, 0.25) is 0 Å². The van der Waals surface area contributed by atoms with E-state index in [1.54, 1.807) is 0 Å². The van der Waals surface area contributed by atoms with Gasteiger partial charge in [-0.15, -0.1) is 10.2 Å². The van der Waals surface area contributed by atoms with E-state index in [1.165, 1.54) is 23.5 Å². The Morgan fingerprint density at radius 2 is 1.78 bits per heavy atom. The van der Waals surface area contributed by atoms with Gasteiger partial charge >= 0.3 is 0 Å². The maximum absolute atomic E-state index is 13.5. The summed E-state index contributed by atoms with van der Waals surface area (Å²) in [4.78, 5) is 0. The molecular formula is C12H11Cl2FN2S. The Morgan fingerprint density at radius 3 is 2.33 bits per heavy atom. The van der Waals surface area contributed by atoms with Gasteiger partial charge in [-0.05, 0) is 12.1 Å². The SMILES string of the molecule is CC(C)(C)c1nnc(-c2cc(F)c(Cl)cc2Cl)s1. The number of halogens is 3. The molecule has 2 aromatic rings. The maximum atomic E-state index is 13.5. The van der Waals surface area contributed by atoms with E-state index in [4.69, 9.17) is 23.2 Å². The summed E-state index contributed by atoms with van der Waals surface area (Å²) in [5, 5.41) is 10.0. The average Bonchev–Trinajstić information content (AvgIpc) is 2.72. The van der Waals surface area contributed by atoms with Crippen LogP contribution in [-0.2, 0) is 5.41 Å². The fraction of sp³-hybridized carbons (Fsp3) is 0.333. The van der Waals surface area contributed by atoms with Crippen LogP contribution in [0.15, 0.2) is 12.1 Å². The first kappa shape index (κ1) is 13.7. The van der Waals surface area contributed by atoms with Gasteiger partial charge in [-0.3, -0.25) is 0 Å². The quantitative estimate of drug-likeness (QED) is 0.697. The number of hydrogen-bond acceptors (Lipinski definition) is 3. The molecule has 6 heteroatoms. The molecule has 0 bridgehead atoms. The van der Waals surface area contributed by atoms with Crippen molar-refractivity contribution in [2.75, 3.05) is 0 Å².